The number of allylic oxidation sites excluding steroid dienone is 4. The molecular weight excluding hydrogens is 625 g/mol. The minimum atomic E-state index is -3.92. The fraction of sp³-hybridized carbons (Fsp3) is 0.303. The van der Waals surface area contributed by atoms with E-state index in [2.05, 4.69) is 38.0 Å². The Morgan fingerprint density at radius 1 is 0.925 bits per heavy atom. The van der Waals surface area contributed by atoms with Crippen molar-refractivity contribution in [3.8, 4) is 0 Å². The van der Waals surface area contributed by atoms with Crippen LogP contribution in [-0.2, 0) is 27.3 Å². The summed E-state index contributed by atoms with van der Waals surface area (Å²) in [5, 5.41) is 3.68. The van der Waals surface area contributed by atoms with Crippen LogP contribution in [0.4, 0.5) is 0 Å². The molecule has 1 aliphatic carbocycles. The number of rotatable bonds is 11. The van der Waals surface area contributed by atoms with E-state index >= 15 is 0 Å². The monoisotopic (exact) mass is 665 g/mol. The van der Waals surface area contributed by atoms with E-state index in [1.54, 1.807) is 0 Å². The van der Waals surface area contributed by atoms with Gasteiger partial charge in [0, 0.05) is 6.04 Å². The van der Waals surface area contributed by atoms with E-state index in [1.165, 1.54) is 5.57 Å². The molecule has 0 fully saturated rings. The topological polar surface area (TPSA) is 60.3 Å². The van der Waals surface area contributed by atoms with Crippen LogP contribution in [0.3, 0.4) is 0 Å². The Kier molecular flexibility index (Phi) is 14.5. The third kappa shape index (κ3) is 9.50. The fourth-order valence-corrected chi connectivity index (χ4v) is 6.83. The van der Waals surface area contributed by atoms with Crippen molar-refractivity contribution in [2.45, 2.75) is 63.4 Å². The van der Waals surface area contributed by atoms with Crippen molar-refractivity contribution in [3.05, 3.63) is 137 Å². The summed E-state index contributed by atoms with van der Waals surface area (Å²) in [4.78, 5) is 0.308. The molecule has 7 heteroatoms. The van der Waals surface area contributed by atoms with Crippen molar-refractivity contribution >= 4 is 19.7 Å². The maximum atomic E-state index is 13.8. The summed E-state index contributed by atoms with van der Waals surface area (Å²) < 4.78 is 32.3. The Bertz CT molecular complexity index is 1340. The zero-order valence-corrected chi connectivity index (χ0v) is 27.1. The molecule has 3 aromatic rings. The first-order valence-electron chi connectivity index (χ1n) is 13.2. The molecule has 0 saturated heterocycles. The van der Waals surface area contributed by atoms with E-state index in [1.807, 2.05) is 111 Å². The number of benzene rings is 3. The van der Waals surface area contributed by atoms with Crippen LogP contribution in [0.2, 0.25) is 0 Å². The number of nitrogens with one attached hydrogen (secondary N) is 1. The van der Waals surface area contributed by atoms with Gasteiger partial charge in [0.1, 0.15) is 10.0 Å². The van der Waals surface area contributed by atoms with Gasteiger partial charge in [-0.3, -0.25) is 0 Å². The molecule has 0 bridgehead atoms. The van der Waals surface area contributed by atoms with Gasteiger partial charge in [0.05, 0.1) is 4.90 Å². The van der Waals surface area contributed by atoms with Gasteiger partial charge in [-0.25, -0.2) is 8.42 Å². The fourth-order valence-electron chi connectivity index (χ4n) is 5.25. The van der Waals surface area contributed by atoms with Crippen molar-refractivity contribution in [1.82, 2.24) is 5.32 Å². The van der Waals surface area contributed by atoms with Crippen LogP contribution in [0.25, 0.3) is 4.72 Å². The standard InChI is InChI=1S/C32H37N2O2S.CH3.ClH.Ru/c1-24-22-25(2)32(26(3)23-24)37(35,36)34-31(29-19-11-6-12-20-29)30(28-17-9-5-10-18-28)33-21-13-16-27-14-7-4-8-15-27;;;/h4-7,9-12,14,17-20,22-23,30-31,33H,8,13,15-16,21H2,1-3H3;1H3;1H;/q2*-1;;+4/p-1. The average Bonchev–Trinajstić information content (AvgIpc) is 2.94. The van der Waals surface area contributed by atoms with Gasteiger partial charge < -0.3 is 17.5 Å². The van der Waals surface area contributed by atoms with Crippen molar-refractivity contribution < 1.29 is 25.7 Å². The molecule has 0 aromatic heterocycles. The summed E-state index contributed by atoms with van der Waals surface area (Å²) in [6, 6.07) is 22.8. The quantitative estimate of drug-likeness (QED) is 0.126. The summed E-state index contributed by atoms with van der Waals surface area (Å²) in [7, 11) is 0.651. The SMILES string of the molecule is Cc1cc(C)c(S(=O)(=O)[N-]C(c2ccccc2)C(NCCCC2=CC=CCC2)c2ccccc2)c(C)c1.[CH3-].[Cl][Ru+3]. The van der Waals surface area contributed by atoms with Gasteiger partial charge >= 0.3 is 27.0 Å². The van der Waals surface area contributed by atoms with Crippen LogP contribution < -0.4 is 5.32 Å². The second kappa shape index (κ2) is 17.0. The van der Waals surface area contributed by atoms with E-state index in [-0.39, 0.29) is 13.5 Å². The number of hydrogen-bond acceptors (Lipinski definition) is 3. The first kappa shape index (κ1) is 34.1. The van der Waals surface area contributed by atoms with Crippen LogP contribution in [0.5, 0.6) is 0 Å². The zero-order valence-electron chi connectivity index (χ0n) is 23.8. The zero-order chi connectivity index (χ0) is 28.3. The van der Waals surface area contributed by atoms with Crippen LogP contribution in [0.15, 0.2) is 101 Å². The molecule has 4 rings (SSSR count). The second-order valence-corrected chi connectivity index (χ2v) is 11.5. The van der Waals surface area contributed by atoms with Crippen molar-refractivity contribution in [1.29, 1.82) is 0 Å². The van der Waals surface area contributed by atoms with Crippen molar-refractivity contribution in [2.24, 2.45) is 0 Å². The maximum absolute atomic E-state index is 13.8. The molecule has 0 radical (unpaired) electrons. The normalized spacial score (nSPS) is 14.2. The molecule has 0 amide bonds. The molecule has 1 aliphatic rings. The summed E-state index contributed by atoms with van der Waals surface area (Å²) >= 11 is 1.82. The van der Waals surface area contributed by atoms with Gasteiger partial charge in [0.25, 0.3) is 0 Å². The van der Waals surface area contributed by atoms with Crippen LogP contribution in [0.1, 0.15) is 65.6 Å². The molecular formula is C33H40ClN2O2RuS+. The number of nitrogens with zero attached hydrogens (tertiary/aromatic N) is 1. The number of sulfonamides is 1. The third-order valence-corrected chi connectivity index (χ3v) is 8.53. The second-order valence-electron chi connectivity index (χ2n) is 9.90. The molecule has 0 spiro atoms. The summed E-state index contributed by atoms with van der Waals surface area (Å²) in [5.41, 5.74) is 5.86. The van der Waals surface area contributed by atoms with Gasteiger partial charge in [-0.1, -0.05) is 114 Å². The van der Waals surface area contributed by atoms with Gasteiger partial charge in [-0.15, -0.1) is 0 Å². The Balaban J connectivity index is 0.00000183. The molecule has 4 nitrogen and oxygen atoms in total. The van der Waals surface area contributed by atoms with E-state index in [9.17, 15) is 8.42 Å². The van der Waals surface area contributed by atoms with Crippen LogP contribution in [0, 0.1) is 28.2 Å². The first-order chi connectivity index (χ1) is 18.8. The van der Waals surface area contributed by atoms with Crippen molar-refractivity contribution in [3.63, 3.8) is 0 Å². The van der Waals surface area contributed by atoms with Gasteiger partial charge in [0.15, 0.2) is 0 Å². The average molecular weight is 665 g/mol. The predicted octanol–water partition coefficient (Wildman–Crippen LogP) is 8.94. The van der Waals surface area contributed by atoms with E-state index in [4.69, 9.17) is 0 Å². The molecule has 1 N–H and O–H groups in total. The number of halogens is 1. The Hall–Kier alpha value is -2.08. The number of aryl methyl sites for hydroxylation is 3. The van der Waals surface area contributed by atoms with Crippen LogP contribution >= 0.6 is 9.69 Å². The van der Waals surface area contributed by atoms with E-state index in [0.29, 0.717) is 4.90 Å². The molecule has 0 aliphatic heterocycles. The van der Waals surface area contributed by atoms with E-state index < -0.39 is 16.1 Å². The molecule has 0 heterocycles. The minimum absolute atomic E-state index is 0. The molecule has 2 atom stereocenters. The third-order valence-electron chi connectivity index (χ3n) is 6.87. The van der Waals surface area contributed by atoms with Crippen LogP contribution in [-0.4, -0.2) is 15.0 Å². The Labute approximate surface area is 256 Å². The summed E-state index contributed by atoms with van der Waals surface area (Å²) in [6.45, 7) is 6.45. The van der Waals surface area contributed by atoms with Gasteiger partial charge in [-0.05, 0) is 69.7 Å². The van der Waals surface area contributed by atoms with E-state index in [0.717, 1.165) is 60.0 Å². The molecule has 214 valence electrons. The summed E-state index contributed by atoms with van der Waals surface area (Å²) in [5.74, 6) is 0. The Morgan fingerprint density at radius 3 is 2.05 bits per heavy atom. The molecule has 40 heavy (non-hydrogen) atoms. The summed E-state index contributed by atoms with van der Waals surface area (Å²) in [6.07, 6.45) is 10.8. The number of hydrogen-bond donors (Lipinski definition) is 1. The molecule has 3 aromatic carbocycles. The van der Waals surface area contributed by atoms with Crippen molar-refractivity contribution in [2.75, 3.05) is 6.54 Å². The molecule has 2 unspecified atom stereocenters. The first-order valence-corrected chi connectivity index (χ1v) is 16.9. The predicted molar refractivity (Wildman–Crippen MR) is 166 cm³/mol. The van der Waals surface area contributed by atoms with Gasteiger partial charge in [-0.2, -0.15) is 0 Å². The molecule has 0 saturated carbocycles. The Morgan fingerprint density at radius 2 is 1.50 bits per heavy atom. The van der Waals surface area contributed by atoms with Gasteiger partial charge in [0.2, 0.25) is 0 Å².